The molecule has 2 aromatic heterocycles. The van der Waals surface area contributed by atoms with Crippen LogP contribution in [0.4, 0.5) is 21.6 Å². The molecule has 0 radical (unpaired) electrons. The van der Waals surface area contributed by atoms with Gasteiger partial charge < -0.3 is 15.2 Å². The molecule has 1 aliphatic heterocycles. The molecule has 0 spiro atoms. The van der Waals surface area contributed by atoms with Crippen molar-refractivity contribution in [3.63, 3.8) is 0 Å². The van der Waals surface area contributed by atoms with Crippen LogP contribution >= 0.6 is 11.3 Å². The van der Waals surface area contributed by atoms with E-state index in [0.717, 1.165) is 40.4 Å². The van der Waals surface area contributed by atoms with Crippen LogP contribution in [0, 0.1) is 0 Å². The van der Waals surface area contributed by atoms with Crippen LogP contribution in [0.2, 0.25) is 0 Å². The number of nitrogens with zero attached hydrogens (tertiary/aromatic N) is 4. The molecule has 1 aromatic carbocycles. The molecular formula is C19H17N5O3S. The molecule has 9 heteroatoms. The first-order valence-electron chi connectivity index (χ1n) is 8.96. The van der Waals surface area contributed by atoms with E-state index in [0.29, 0.717) is 17.7 Å². The van der Waals surface area contributed by atoms with Crippen molar-refractivity contribution >= 4 is 34.2 Å². The standard InChI is InChI=1S/C19H17N5O3S/c1-10-9-27-19(26)24(10)18-22-14-7-2-11-8-20-17(23-15(11)16(14)28-18)21-12-3-5-13(25)6-4-12/h3-6,8,10,25H,2,7,9H2,1H3,(H,20,21,23). The van der Waals surface area contributed by atoms with Gasteiger partial charge in [0.15, 0.2) is 5.13 Å². The number of hydrogen-bond donors (Lipinski definition) is 2. The maximum atomic E-state index is 12.0. The van der Waals surface area contributed by atoms with Crippen molar-refractivity contribution in [1.29, 1.82) is 0 Å². The molecule has 1 aliphatic carbocycles. The van der Waals surface area contributed by atoms with Crippen molar-refractivity contribution in [3.8, 4) is 16.3 Å². The van der Waals surface area contributed by atoms with E-state index in [9.17, 15) is 9.90 Å². The Morgan fingerprint density at radius 1 is 1.25 bits per heavy atom. The molecule has 142 valence electrons. The maximum absolute atomic E-state index is 12.0. The summed E-state index contributed by atoms with van der Waals surface area (Å²) >= 11 is 1.46. The quantitative estimate of drug-likeness (QED) is 0.655. The fourth-order valence-corrected chi connectivity index (χ4v) is 4.58. The zero-order valence-electron chi connectivity index (χ0n) is 15.0. The summed E-state index contributed by atoms with van der Waals surface area (Å²) in [5, 5.41) is 13.2. The van der Waals surface area contributed by atoms with Crippen molar-refractivity contribution in [3.05, 3.63) is 41.7 Å². The zero-order valence-corrected chi connectivity index (χ0v) is 15.9. The second-order valence-electron chi connectivity index (χ2n) is 6.81. The van der Waals surface area contributed by atoms with Crippen LogP contribution in [0.1, 0.15) is 18.2 Å². The lowest BCUT2D eigenvalue weighted by molar-refractivity contribution is 0.179. The summed E-state index contributed by atoms with van der Waals surface area (Å²) in [6.07, 6.45) is 3.09. The first-order valence-corrected chi connectivity index (χ1v) is 9.78. The third-order valence-electron chi connectivity index (χ3n) is 4.81. The number of carbonyl (C=O) groups excluding carboxylic acids is 1. The summed E-state index contributed by atoms with van der Waals surface area (Å²) in [6.45, 7) is 2.32. The number of carbonyl (C=O) groups is 1. The average Bonchev–Trinajstić information content (AvgIpc) is 3.26. The number of amides is 1. The number of anilines is 3. The predicted octanol–water partition coefficient (Wildman–Crippen LogP) is 3.49. The molecule has 1 amide bonds. The number of nitrogens with one attached hydrogen (secondary N) is 1. The van der Waals surface area contributed by atoms with Crippen molar-refractivity contribution in [1.82, 2.24) is 15.0 Å². The number of thiazole rings is 1. The Hall–Kier alpha value is -3.20. The number of fused-ring (bicyclic) bond motifs is 3. The number of cyclic esters (lactones) is 1. The summed E-state index contributed by atoms with van der Waals surface area (Å²) < 4.78 is 5.13. The molecule has 2 aliphatic rings. The fraction of sp³-hybridized carbons (Fsp3) is 0.263. The lowest BCUT2D eigenvalue weighted by Gasteiger charge is -2.14. The van der Waals surface area contributed by atoms with E-state index in [1.165, 1.54) is 11.3 Å². The van der Waals surface area contributed by atoms with E-state index in [1.54, 1.807) is 29.2 Å². The highest BCUT2D eigenvalue weighted by Gasteiger charge is 2.35. The van der Waals surface area contributed by atoms with Gasteiger partial charge in [-0.15, -0.1) is 0 Å². The molecule has 5 rings (SSSR count). The second-order valence-corrected chi connectivity index (χ2v) is 7.79. The van der Waals surface area contributed by atoms with Crippen molar-refractivity contribution in [2.75, 3.05) is 16.8 Å². The molecule has 8 nitrogen and oxygen atoms in total. The van der Waals surface area contributed by atoms with Crippen LogP contribution in [0.3, 0.4) is 0 Å². The number of phenols is 1. The minimum Gasteiger partial charge on any atom is -0.508 e. The Labute approximate surface area is 164 Å². The first kappa shape index (κ1) is 16.9. The number of aryl methyl sites for hydroxylation is 2. The monoisotopic (exact) mass is 395 g/mol. The average molecular weight is 395 g/mol. The van der Waals surface area contributed by atoms with Crippen LogP contribution < -0.4 is 10.2 Å². The predicted molar refractivity (Wildman–Crippen MR) is 105 cm³/mol. The minimum absolute atomic E-state index is 0.0308. The lowest BCUT2D eigenvalue weighted by atomic mass is 10.00. The molecule has 3 heterocycles. The van der Waals surface area contributed by atoms with Gasteiger partial charge in [-0.05, 0) is 49.6 Å². The Kier molecular flexibility index (Phi) is 3.90. The third kappa shape index (κ3) is 2.84. The highest BCUT2D eigenvalue weighted by Crippen LogP contribution is 2.41. The molecule has 1 fully saturated rings. The van der Waals surface area contributed by atoms with E-state index < -0.39 is 0 Å². The van der Waals surface area contributed by atoms with Gasteiger partial charge >= 0.3 is 6.09 Å². The van der Waals surface area contributed by atoms with Gasteiger partial charge in [0.2, 0.25) is 5.95 Å². The van der Waals surface area contributed by atoms with E-state index >= 15 is 0 Å². The molecule has 1 atom stereocenters. The molecule has 28 heavy (non-hydrogen) atoms. The first-order chi connectivity index (χ1) is 13.6. The summed E-state index contributed by atoms with van der Waals surface area (Å²) in [7, 11) is 0. The number of rotatable bonds is 3. The van der Waals surface area contributed by atoms with Crippen molar-refractivity contribution < 1.29 is 14.6 Å². The van der Waals surface area contributed by atoms with Gasteiger partial charge in [-0.25, -0.2) is 24.6 Å². The maximum Gasteiger partial charge on any atom is 0.416 e. The normalized spacial score (nSPS) is 17.8. The van der Waals surface area contributed by atoms with Crippen LogP contribution in [-0.4, -0.2) is 38.8 Å². The number of aromatic hydroxyl groups is 1. The number of aromatic nitrogens is 3. The number of hydrogen-bond acceptors (Lipinski definition) is 8. The summed E-state index contributed by atoms with van der Waals surface area (Å²) in [5.41, 5.74) is 3.65. The highest BCUT2D eigenvalue weighted by atomic mass is 32.1. The Balaban J connectivity index is 1.49. The molecule has 1 saturated heterocycles. The van der Waals surface area contributed by atoms with E-state index in [1.807, 2.05) is 13.1 Å². The summed E-state index contributed by atoms with van der Waals surface area (Å²) in [5.74, 6) is 0.676. The second kappa shape index (κ2) is 6.45. The van der Waals surface area contributed by atoms with E-state index in [2.05, 4.69) is 10.3 Å². The Morgan fingerprint density at radius 2 is 2.07 bits per heavy atom. The van der Waals surface area contributed by atoms with Gasteiger partial charge in [0.1, 0.15) is 12.4 Å². The van der Waals surface area contributed by atoms with Gasteiger partial charge in [-0.1, -0.05) is 11.3 Å². The largest absolute Gasteiger partial charge is 0.508 e. The van der Waals surface area contributed by atoms with Crippen LogP contribution in [0.25, 0.3) is 10.6 Å². The van der Waals surface area contributed by atoms with Gasteiger partial charge in [-0.3, -0.25) is 0 Å². The summed E-state index contributed by atoms with van der Waals surface area (Å²) in [4.78, 5) is 28.4. The summed E-state index contributed by atoms with van der Waals surface area (Å²) in [6, 6.07) is 6.69. The molecule has 0 saturated carbocycles. The van der Waals surface area contributed by atoms with Crippen LogP contribution in [0.5, 0.6) is 5.75 Å². The highest BCUT2D eigenvalue weighted by molar-refractivity contribution is 7.19. The van der Waals surface area contributed by atoms with Gasteiger partial charge in [0.25, 0.3) is 0 Å². The Bertz CT molecular complexity index is 1070. The van der Waals surface area contributed by atoms with Crippen LogP contribution in [0.15, 0.2) is 30.5 Å². The topological polar surface area (TPSA) is 100 Å². The zero-order chi connectivity index (χ0) is 19.3. The molecule has 2 N–H and O–H groups in total. The van der Waals surface area contributed by atoms with Crippen molar-refractivity contribution in [2.24, 2.45) is 0 Å². The van der Waals surface area contributed by atoms with Crippen molar-refractivity contribution in [2.45, 2.75) is 25.8 Å². The van der Waals surface area contributed by atoms with Gasteiger partial charge in [-0.2, -0.15) is 0 Å². The SMILES string of the molecule is CC1COC(=O)N1c1nc2c(s1)-c1nc(Nc3ccc(O)cc3)ncc1CC2. The van der Waals surface area contributed by atoms with Gasteiger partial charge in [0, 0.05) is 11.9 Å². The third-order valence-corrected chi connectivity index (χ3v) is 5.92. The molecular weight excluding hydrogens is 378 g/mol. The minimum atomic E-state index is -0.351. The molecule has 0 bridgehead atoms. The number of benzene rings is 1. The molecule has 3 aromatic rings. The fourth-order valence-electron chi connectivity index (χ4n) is 3.35. The van der Waals surface area contributed by atoms with E-state index in [4.69, 9.17) is 14.7 Å². The number of phenolic OH excluding ortho intramolecular Hbond substituents is 1. The number of ether oxygens (including phenoxy) is 1. The Morgan fingerprint density at radius 3 is 2.82 bits per heavy atom. The smallest absolute Gasteiger partial charge is 0.416 e. The van der Waals surface area contributed by atoms with E-state index in [-0.39, 0.29) is 17.9 Å². The van der Waals surface area contributed by atoms with Crippen LogP contribution in [-0.2, 0) is 17.6 Å². The lowest BCUT2D eigenvalue weighted by Crippen LogP contribution is -2.30. The molecule has 1 unspecified atom stereocenters. The van der Waals surface area contributed by atoms with Gasteiger partial charge in [0.05, 0.1) is 22.3 Å².